The van der Waals surface area contributed by atoms with Crippen molar-refractivity contribution in [1.82, 2.24) is 0 Å². The zero-order chi connectivity index (χ0) is 30.6. The first-order valence-corrected chi connectivity index (χ1v) is 16.9. The summed E-state index contributed by atoms with van der Waals surface area (Å²) in [5, 5.41) is 15.4. The third-order valence-corrected chi connectivity index (χ3v) is 11.2. The topological polar surface area (TPSA) is 23.8 Å². The second-order valence-corrected chi connectivity index (χ2v) is 13.8. The van der Waals surface area contributed by atoms with E-state index in [4.69, 9.17) is 0 Å². The fourth-order valence-corrected chi connectivity index (χ4v) is 8.94. The number of nitrogens with zero attached hydrogens (tertiary/aromatic N) is 1. The summed E-state index contributed by atoms with van der Waals surface area (Å²) in [5.74, 6) is 0. The van der Waals surface area contributed by atoms with Crippen molar-refractivity contribution in [3.05, 3.63) is 157 Å². The monoisotopic (exact) mass is 619 g/mol. The quantitative estimate of drug-likeness (QED) is 0.192. The summed E-state index contributed by atoms with van der Waals surface area (Å²) >= 11 is 3.69. The Bertz CT molecular complexity index is 2650. The summed E-state index contributed by atoms with van der Waals surface area (Å²) in [6.45, 7) is 0. The molecule has 2 aromatic heterocycles. The van der Waals surface area contributed by atoms with Gasteiger partial charge in [-0.3, -0.25) is 0 Å². The molecule has 2 heterocycles. The molecular formula is C43H25NS2. The molecular weight excluding hydrogens is 595 g/mol. The van der Waals surface area contributed by atoms with E-state index in [1.165, 1.54) is 57.0 Å². The van der Waals surface area contributed by atoms with E-state index in [2.05, 4.69) is 133 Å². The molecule has 9 aromatic rings. The van der Waals surface area contributed by atoms with Crippen LogP contribution in [0.15, 0.2) is 152 Å². The van der Waals surface area contributed by atoms with Crippen LogP contribution in [0, 0.1) is 11.3 Å². The molecule has 0 unspecified atom stereocenters. The molecule has 46 heavy (non-hydrogen) atoms. The zero-order valence-corrected chi connectivity index (χ0v) is 26.3. The van der Waals surface area contributed by atoms with Gasteiger partial charge >= 0.3 is 0 Å². The van der Waals surface area contributed by atoms with Gasteiger partial charge in [-0.15, -0.1) is 22.7 Å². The lowest BCUT2D eigenvalue weighted by atomic mass is 9.90. The molecule has 0 aliphatic heterocycles. The maximum atomic E-state index is 10.2. The van der Waals surface area contributed by atoms with E-state index in [0.29, 0.717) is 5.56 Å². The van der Waals surface area contributed by atoms with Gasteiger partial charge in [-0.05, 0) is 99.1 Å². The second kappa shape index (κ2) is 10.8. The normalized spacial score (nSPS) is 11.5. The highest BCUT2D eigenvalue weighted by Crippen LogP contribution is 2.43. The third kappa shape index (κ3) is 4.43. The van der Waals surface area contributed by atoms with Crippen molar-refractivity contribution in [3.63, 3.8) is 0 Å². The first-order valence-electron chi connectivity index (χ1n) is 15.3. The van der Waals surface area contributed by atoms with Gasteiger partial charge in [0, 0.05) is 40.3 Å². The average Bonchev–Trinajstić information content (AvgIpc) is 3.69. The van der Waals surface area contributed by atoms with Gasteiger partial charge in [0.15, 0.2) is 0 Å². The molecule has 0 fully saturated rings. The van der Waals surface area contributed by atoms with E-state index in [0.717, 1.165) is 27.8 Å². The Hall–Kier alpha value is -5.53. The Kier molecular flexibility index (Phi) is 6.31. The predicted molar refractivity (Wildman–Crippen MR) is 199 cm³/mol. The number of rotatable bonds is 4. The maximum Gasteiger partial charge on any atom is 0.0998 e. The molecule has 0 radical (unpaired) electrons. The van der Waals surface area contributed by atoms with Crippen LogP contribution in [0.5, 0.6) is 0 Å². The lowest BCUT2D eigenvalue weighted by Gasteiger charge is -2.14. The molecule has 214 valence electrons. The minimum atomic E-state index is 0.674. The van der Waals surface area contributed by atoms with Crippen LogP contribution in [0.3, 0.4) is 0 Å². The van der Waals surface area contributed by atoms with E-state index in [-0.39, 0.29) is 0 Å². The third-order valence-electron chi connectivity index (χ3n) is 8.91. The molecule has 0 bridgehead atoms. The van der Waals surface area contributed by atoms with Crippen molar-refractivity contribution in [1.29, 1.82) is 5.26 Å². The van der Waals surface area contributed by atoms with Crippen LogP contribution >= 0.6 is 22.7 Å². The molecule has 0 aliphatic carbocycles. The van der Waals surface area contributed by atoms with E-state index in [1.807, 2.05) is 46.9 Å². The predicted octanol–water partition coefficient (Wildman–Crippen LogP) is 13.0. The fraction of sp³-hybridized carbons (Fsp3) is 0. The van der Waals surface area contributed by atoms with E-state index in [9.17, 15) is 5.26 Å². The Morgan fingerprint density at radius 2 is 0.978 bits per heavy atom. The summed E-state index contributed by atoms with van der Waals surface area (Å²) in [4.78, 5) is 0. The molecule has 0 saturated heterocycles. The van der Waals surface area contributed by atoms with Crippen molar-refractivity contribution in [2.75, 3.05) is 0 Å². The Morgan fingerprint density at radius 3 is 1.78 bits per heavy atom. The van der Waals surface area contributed by atoms with Crippen LogP contribution in [-0.4, -0.2) is 0 Å². The molecule has 3 heteroatoms. The van der Waals surface area contributed by atoms with E-state index in [1.54, 1.807) is 0 Å². The van der Waals surface area contributed by atoms with Crippen molar-refractivity contribution < 1.29 is 0 Å². The largest absolute Gasteiger partial charge is 0.192 e. The smallest absolute Gasteiger partial charge is 0.0998 e. The molecule has 0 spiro atoms. The first-order chi connectivity index (χ1) is 22.7. The summed E-state index contributed by atoms with van der Waals surface area (Å²) in [6, 6.07) is 56.7. The molecule has 7 aromatic carbocycles. The van der Waals surface area contributed by atoms with Crippen LogP contribution in [0.1, 0.15) is 5.56 Å². The molecule has 0 amide bonds. The lowest BCUT2D eigenvalue weighted by molar-refractivity contribution is 1.47. The SMILES string of the molecule is N#Cc1cc(-c2cc(-c3ccc4sc5ccccc5c4c3)cc(-c3cccc4sc5ccccc5c34)c2)ccc1-c1ccccc1. The zero-order valence-electron chi connectivity index (χ0n) is 24.7. The van der Waals surface area contributed by atoms with Gasteiger partial charge in [-0.1, -0.05) is 97.1 Å². The lowest BCUT2D eigenvalue weighted by Crippen LogP contribution is -1.89. The van der Waals surface area contributed by atoms with Crippen molar-refractivity contribution in [2.45, 2.75) is 0 Å². The Balaban J connectivity index is 1.29. The summed E-state index contributed by atoms with van der Waals surface area (Å²) in [6.07, 6.45) is 0. The highest BCUT2D eigenvalue weighted by Gasteiger charge is 2.15. The van der Waals surface area contributed by atoms with Gasteiger partial charge in [-0.2, -0.15) is 5.26 Å². The number of thiophene rings is 2. The van der Waals surface area contributed by atoms with Gasteiger partial charge in [-0.25, -0.2) is 0 Å². The van der Waals surface area contributed by atoms with Crippen molar-refractivity contribution in [2.24, 2.45) is 0 Å². The number of hydrogen-bond acceptors (Lipinski definition) is 3. The highest BCUT2D eigenvalue weighted by molar-refractivity contribution is 7.26. The van der Waals surface area contributed by atoms with Gasteiger partial charge in [0.25, 0.3) is 0 Å². The summed E-state index contributed by atoms with van der Waals surface area (Å²) in [7, 11) is 0. The first kappa shape index (κ1) is 26.8. The minimum absolute atomic E-state index is 0.674. The molecule has 9 rings (SSSR count). The van der Waals surface area contributed by atoms with Crippen LogP contribution in [0.25, 0.3) is 84.9 Å². The highest BCUT2D eigenvalue weighted by atomic mass is 32.1. The van der Waals surface area contributed by atoms with Crippen molar-refractivity contribution in [3.8, 4) is 50.6 Å². The molecule has 0 saturated carbocycles. The minimum Gasteiger partial charge on any atom is -0.192 e. The van der Waals surface area contributed by atoms with Crippen LogP contribution < -0.4 is 0 Å². The van der Waals surface area contributed by atoms with Crippen molar-refractivity contribution >= 4 is 63.0 Å². The second-order valence-electron chi connectivity index (χ2n) is 11.6. The van der Waals surface area contributed by atoms with Gasteiger partial charge in [0.2, 0.25) is 0 Å². The number of hydrogen-bond donors (Lipinski definition) is 0. The molecule has 0 aliphatic rings. The Morgan fingerprint density at radius 1 is 0.370 bits per heavy atom. The fourth-order valence-electron chi connectivity index (χ4n) is 6.72. The molecule has 0 N–H and O–H groups in total. The van der Waals surface area contributed by atoms with Gasteiger partial charge in [0.05, 0.1) is 11.6 Å². The standard InChI is InChI=1S/C43H25NS2/c44-26-33-21-28(17-19-34(33)27-9-2-1-3-10-27)30-22-31(29-18-20-41-38(25-29)36-11-4-6-14-39(36)45-41)24-32(23-30)35-13-8-16-42-43(35)37-12-5-7-15-40(37)46-42/h1-25H. The van der Waals surface area contributed by atoms with E-state index < -0.39 is 0 Å². The van der Waals surface area contributed by atoms with Gasteiger partial charge in [0.1, 0.15) is 0 Å². The summed E-state index contributed by atoms with van der Waals surface area (Å²) < 4.78 is 5.19. The van der Waals surface area contributed by atoms with Crippen LogP contribution in [-0.2, 0) is 0 Å². The van der Waals surface area contributed by atoms with Gasteiger partial charge < -0.3 is 0 Å². The molecule has 0 atom stereocenters. The van der Waals surface area contributed by atoms with E-state index >= 15 is 0 Å². The average molecular weight is 620 g/mol. The Labute approximate surface area is 274 Å². The number of nitriles is 1. The summed E-state index contributed by atoms with van der Waals surface area (Å²) in [5.41, 5.74) is 9.53. The van der Waals surface area contributed by atoms with Crippen LogP contribution in [0.2, 0.25) is 0 Å². The molecule has 1 nitrogen and oxygen atoms in total. The van der Waals surface area contributed by atoms with Crippen LogP contribution in [0.4, 0.5) is 0 Å². The number of fused-ring (bicyclic) bond motifs is 6. The maximum absolute atomic E-state index is 10.2. The number of benzene rings is 7.